The molecule has 0 aliphatic rings. The monoisotopic (exact) mass is 436 g/mol. The molecule has 1 aromatic carbocycles. The lowest BCUT2D eigenvalue weighted by molar-refractivity contribution is 0.155. The number of hydrogen-bond acceptors (Lipinski definition) is 3. The molecule has 0 heterocycles. The molecule has 120 valence electrons. The van der Waals surface area contributed by atoms with Crippen LogP contribution in [0.1, 0.15) is 26.7 Å². The summed E-state index contributed by atoms with van der Waals surface area (Å²) >= 11 is 15.4. The lowest BCUT2D eigenvalue weighted by Gasteiger charge is -2.30. The fourth-order valence-electron chi connectivity index (χ4n) is 1.91. The van der Waals surface area contributed by atoms with Crippen molar-refractivity contribution in [1.29, 1.82) is 0 Å². The van der Waals surface area contributed by atoms with Gasteiger partial charge < -0.3 is 4.74 Å². The van der Waals surface area contributed by atoms with Gasteiger partial charge in [-0.15, -0.1) is 0 Å². The molecular formula is C13H16BrCl3O3S. The molecule has 0 amide bonds. The van der Waals surface area contributed by atoms with Crippen molar-refractivity contribution in [3.63, 3.8) is 0 Å². The van der Waals surface area contributed by atoms with Gasteiger partial charge in [-0.3, -0.25) is 0 Å². The summed E-state index contributed by atoms with van der Waals surface area (Å²) in [4.78, 5) is 0. The average molecular weight is 439 g/mol. The number of hydrogen-bond donors (Lipinski definition) is 0. The Morgan fingerprint density at radius 3 is 2.24 bits per heavy atom. The molecule has 0 fully saturated rings. The van der Waals surface area contributed by atoms with E-state index in [1.807, 2.05) is 13.8 Å². The summed E-state index contributed by atoms with van der Waals surface area (Å²) in [6, 6.07) is 3.23. The molecule has 3 nitrogen and oxygen atoms in total. The first kappa shape index (κ1) is 19.4. The van der Waals surface area contributed by atoms with Crippen molar-refractivity contribution in [1.82, 2.24) is 0 Å². The van der Waals surface area contributed by atoms with Crippen LogP contribution >= 0.6 is 49.8 Å². The van der Waals surface area contributed by atoms with Gasteiger partial charge in [0.05, 0.1) is 22.4 Å². The van der Waals surface area contributed by atoms with Crippen LogP contribution in [0.25, 0.3) is 0 Å². The van der Waals surface area contributed by atoms with E-state index in [9.17, 15) is 8.42 Å². The lowest BCUT2D eigenvalue weighted by atomic mass is 9.85. The van der Waals surface area contributed by atoms with Crippen molar-refractivity contribution in [3.8, 4) is 5.75 Å². The second-order valence-corrected chi connectivity index (χ2v) is 9.32. The Morgan fingerprint density at radius 2 is 1.76 bits per heavy atom. The summed E-state index contributed by atoms with van der Waals surface area (Å²) in [7, 11) is 1.79. The molecule has 0 aliphatic carbocycles. The van der Waals surface area contributed by atoms with Crippen molar-refractivity contribution in [3.05, 3.63) is 26.7 Å². The Hall–Kier alpha value is 0.320. The third kappa shape index (κ3) is 5.79. The largest absolute Gasteiger partial charge is 0.491 e. The quantitative estimate of drug-likeness (QED) is 0.416. The van der Waals surface area contributed by atoms with E-state index >= 15 is 0 Å². The molecule has 1 aromatic rings. The van der Waals surface area contributed by atoms with Crippen molar-refractivity contribution in [2.75, 3.05) is 12.4 Å². The fourth-order valence-corrected chi connectivity index (χ4v) is 4.68. The molecule has 0 saturated heterocycles. The Bertz CT molecular complexity index is 601. The van der Waals surface area contributed by atoms with Crippen LogP contribution in [0.15, 0.2) is 16.6 Å². The highest BCUT2D eigenvalue weighted by molar-refractivity contribution is 9.10. The van der Waals surface area contributed by atoms with Gasteiger partial charge in [-0.1, -0.05) is 37.0 Å². The standard InChI is InChI=1S/C13H16BrCl3O3S/c1-3-13(4-2,8-21(17,18)19)7-20-12-6-10(15)9(14)5-11(12)16/h5-6H,3-4,7-8H2,1-2H3. The first-order chi connectivity index (χ1) is 9.62. The Kier molecular flexibility index (Phi) is 7.13. The van der Waals surface area contributed by atoms with Gasteiger partial charge >= 0.3 is 0 Å². The van der Waals surface area contributed by atoms with Gasteiger partial charge in [0, 0.05) is 26.6 Å². The van der Waals surface area contributed by atoms with E-state index in [1.54, 1.807) is 12.1 Å². The summed E-state index contributed by atoms with van der Waals surface area (Å²) in [5.74, 6) is 0.277. The highest BCUT2D eigenvalue weighted by Gasteiger charge is 2.33. The second kappa shape index (κ2) is 7.73. The zero-order valence-electron chi connectivity index (χ0n) is 11.6. The van der Waals surface area contributed by atoms with Gasteiger partial charge in [0.25, 0.3) is 0 Å². The number of halogens is 4. The summed E-state index contributed by atoms with van der Waals surface area (Å²) in [5.41, 5.74) is -0.552. The van der Waals surface area contributed by atoms with Crippen molar-refractivity contribution < 1.29 is 13.2 Å². The maximum atomic E-state index is 11.4. The SMILES string of the molecule is CCC(CC)(COc1cc(Cl)c(Br)cc1Cl)CS(=O)(=O)Cl. The molecule has 0 spiro atoms. The van der Waals surface area contributed by atoms with E-state index in [1.165, 1.54) is 0 Å². The highest BCUT2D eigenvalue weighted by Crippen LogP contribution is 2.36. The molecule has 8 heteroatoms. The Labute approximate surface area is 148 Å². The van der Waals surface area contributed by atoms with E-state index in [2.05, 4.69) is 15.9 Å². The first-order valence-corrected chi connectivity index (χ1v) is 10.3. The van der Waals surface area contributed by atoms with Crippen LogP contribution in [0, 0.1) is 5.41 Å². The molecule has 0 aromatic heterocycles. The molecule has 0 N–H and O–H groups in total. The van der Waals surface area contributed by atoms with E-state index in [4.69, 9.17) is 38.6 Å². The van der Waals surface area contributed by atoms with Crippen LogP contribution in [-0.2, 0) is 9.05 Å². The predicted octanol–water partition coefficient (Wildman–Crippen LogP) is 5.51. The van der Waals surface area contributed by atoms with Crippen LogP contribution in [-0.4, -0.2) is 20.8 Å². The van der Waals surface area contributed by atoms with Gasteiger partial charge in [-0.25, -0.2) is 8.42 Å². The average Bonchev–Trinajstić information content (AvgIpc) is 2.38. The summed E-state index contributed by atoms with van der Waals surface area (Å²) < 4.78 is 29.2. The molecule has 0 bridgehead atoms. The predicted molar refractivity (Wildman–Crippen MR) is 92.3 cm³/mol. The molecule has 21 heavy (non-hydrogen) atoms. The minimum absolute atomic E-state index is 0.142. The van der Waals surface area contributed by atoms with Crippen LogP contribution in [0.3, 0.4) is 0 Å². The van der Waals surface area contributed by atoms with E-state index in [0.29, 0.717) is 33.1 Å². The van der Waals surface area contributed by atoms with Crippen LogP contribution in [0.2, 0.25) is 10.0 Å². The van der Waals surface area contributed by atoms with Gasteiger partial charge in [-0.2, -0.15) is 0 Å². The number of benzene rings is 1. The number of rotatable bonds is 7. The summed E-state index contributed by atoms with van der Waals surface area (Å²) in [6.07, 6.45) is 1.24. The zero-order chi connectivity index (χ0) is 16.3. The minimum Gasteiger partial charge on any atom is -0.491 e. The third-order valence-electron chi connectivity index (χ3n) is 3.49. The molecule has 0 radical (unpaired) electrons. The highest BCUT2D eigenvalue weighted by atomic mass is 79.9. The van der Waals surface area contributed by atoms with Gasteiger partial charge in [0.1, 0.15) is 5.75 Å². The molecule has 0 saturated carbocycles. The van der Waals surface area contributed by atoms with Crippen LogP contribution in [0.5, 0.6) is 5.75 Å². The molecule has 0 aliphatic heterocycles. The maximum Gasteiger partial charge on any atom is 0.233 e. The fraction of sp³-hybridized carbons (Fsp3) is 0.538. The van der Waals surface area contributed by atoms with E-state index in [0.717, 1.165) is 0 Å². The Balaban J connectivity index is 2.95. The van der Waals surface area contributed by atoms with Crippen molar-refractivity contribution >= 4 is 58.9 Å². The Morgan fingerprint density at radius 1 is 1.19 bits per heavy atom. The van der Waals surface area contributed by atoms with Crippen LogP contribution in [0.4, 0.5) is 0 Å². The summed E-state index contributed by atoms with van der Waals surface area (Å²) in [6.45, 7) is 4.01. The minimum atomic E-state index is -3.61. The zero-order valence-corrected chi connectivity index (χ0v) is 16.3. The van der Waals surface area contributed by atoms with Crippen molar-refractivity contribution in [2.45, 2.75) is 26.7 Å². The first-order valence-electron chi connectivity index (χ1n) is 6.32. The normalized spacial score (nSPS) is 12.5. The topological polar surface area (TPSA) is 43.4 Å². The molecule has 0 atom stereocenters. The molecule has 1 rings (SSSR count). The second-order valence-electron chi connectivity index (χ2n) is 4.88. The summed E-state index contributed by atoms with van der Waals surface area (Å²) in [5, 5.41) is 0.874. The molecule has 0 unspecified atom stereocenters. The van der Waals surface area contributed by atoms with Gasteiger partial charge in [-0.05, 0) is 34.8 Å². The van der Waals surface area contributed by atoms with Gasteiger partial charge in [0.15, 0.2) is 0 Å². The number of ether oxygens (including phenoxy) is 1. The van der Waals surface area contributed by atoms with Crippen molar-refractivity contribution in [2.24, 2.45) is 5.41 Å². The van der Waals surface area contributed by atoms with E-state index in [-0.39, 0.29) is 12.4 Å². The lowest BCUT2D eigenvalue weighted by Crippen LogP contribution is -2.33. The third-order valence-corrected chi connectivity index (χ3v) is 6.26. The smallest absolute Gasteiger partial charge is 0.233 e. The van der Waals surface area contributed by atoms with Crippen LogP contribution < -0.4 is 4.74 Å². The van der Waals surface area contributed by atoms with E-state index < -0.39 is 14.5 Å². The maximum absolute atomic E-state index is 11.4. The molecular weight excluding hydrogens is 422 g/mol. The van der Waals surface area contributed by atoms with Gasteiger partial charge in [0.2, 0.25) is 9.05 Å².